The number of halogens is 3. The summed E-state index contributed by atoms with van der Waals surface area (Å²) in [4.78, 5) is 19.2. The summed E-state index contributed by atoms with van der Waals surface area (Å²) in [5.74, 6) is -4.01. The number of rotatable bonds is 8. The van der Waals surface area contributed by atoms with E-state index < -0.39 is 36.2 Å². The van der Waals surface area contributed by atoms with E-state index in [0.29, 0.717) is 30.8 Å². The lowest BCUT2D eigenvalue weighted by atomic mass is 9.84. The predicted octanol–water partition coefficient (Wildman–Crippen LogP) is 4.28. The van der Waals surface area contributed by atoms with Gasteiger partial charge in [-0.25, -0.2) is 17.9 Å². The topological polar surface area (TPSA) is 114 Å². The van der Waals surface area contributed by atoms with Crippen molar-refractivity contribution < 1.29 is 22.7 Å². The van der Waals surface area contributed by atoms with Crippen LogP contribution in [-0.2, 0) is 11.3 Å². The van der Waals surface area contributed by atoms with Crippen LogP contribution in [0, 0.1) is 5.82 Å². The molecule has 3 atom stereocenters. The van der Waals surface area contributed by atoms with Gasteiger partial charge in [0.05, 0.1) is 42.8 Å². The van der Waals surface area contributed by atoms with Gasteiger partial charge in [-0.3, -0.25) is 25.1 Å². The van der Waals surface area contributed by atoms with Gasteiger partial charge >= 0.3 is 0 Å². The molecule has 5 heterocycles. The Kier molecular flexibility index (Phi) is 7.13. The summed E-state index contributed by atoms with van der Waals surface area (Å²) in [5, 5.41) is 19.9. The molecule has 13 heteroatoms. The summed E-state index contributed by atoms with van der Waals surface area (Å²) in [6, 6.07) is 11.7. The molecule has 2 saturated heterocycles. The fourth-order valence-corrected chi connectivity index (χ4v) is 6.19. The quantitative estimate of drug-likeness (QED) is 0.271. The highest BCUT2D eigenvalue weighted by Gasteiger charge is 2.55. The molecule has 226 valence electrons. The number of alkyl halides is 2. The third-order valence-corrected chi connectivity index (χ3v) is 8.61. The molecular formula is C31H29F3N8O2. The molecule has 2 aliphatic rings. The summed E-state index contributed by atoms with van der Waals surface area (Å²) < 4.78 is 50.5. The number of hydrogen-bond acceptors (Lipinski definition) is 8. The number of nitrogens with zero attached hydrogens (tertiary/aromatic N) is 6. The average Bonchev–Trinajstić information content (AvgIpc) is 3.70. The SMILES string of the molecule is COc1cccc(F)c1CN1CC(c2cn(-c3ccc4[nH]nc(-c5ccncc5)c4c3)nn2)CCC1C(=O)C1NCC1(F)F. The van der Waals surface area contributed by atoms with Gasteiger partial charge in [-0.1, -0.05) is 11.3 Å². The Morgan fingerprint density at radius 2 is 1.98 bits per heavy atom. The maximum absolute atomic E-state index is 15.0. The average molecular weight is 603 g/mol. The molecule has 0 spiro atoms. The normalized spacial score (nSPS) is 21.7. The van der Waals surface area contributed by atoms with Crippen LogP contribution in [0.15, 0.2) is 67.1 Å². The lowest BCUT2D eigenvalue weighted by Gasteiger charge is -2.43. The summed E-state index contributed by atoms with van der Waals surface area (Å²) >= 11 is 0. The van der Waals surface area contributed by atoms with Crippen molar-refractivity contribution >= 4 is 16.7 Å². The molecule has 0 aliphatic carbocycles. The number of fused-ring (bicyclic) bond motifs is 1. The van der Waals surface area contributed by atoms with Crippen LogP contribution in [0.1, 0.15) is 30.0 Å². The molecule has 2 aliphatic heterocycles. The summed E-state index contributed by atoms with van der Waals surface area (Å²) in [6.07, 6.45) is 6.11. The number of nitrogens with one attached hydrogen (secondary N) is 2. The first kappa shape index (κ1) is 28.2. The molecule has 5 aromatic rings. The molecule has 0 radical (unpaired) electrons. The Morgan fingerprint density at radius 3 is 2.73 bits per heavy atom. The Balaban J connectivity index is 1.17. The van der Waals surface area contributed by atoms with Gasteiger partial charge in [0.2, 0.25) is 0 Å². The highest BCUT2D eigenvalue weighted by atomic mass is 19.3. The van der Waals surface area contributed by atoms with Crippen LogP contribution >= 0.6 is 0 Å². The standard InChI is InChI=1S/C31H29F3N8O2/c1-44-27-4-2-3-23(32)22(27)15-41-14-19(5-8-26(41)29(43)30-31(33,34)17-36-30)25-16-42(40-38-25)20-6-7-24-21(13-20)28(39-37-24)18-9-11-35-12-10-18/h2-4,6-7,9-13,16,19,26,30,36H,5,8,14-15,17H2,1H3,(H,37,39). The zero-order chi connectivity index (χ0) is 30.4. The van der Waals surface area contributed by atoms with E-state index in [2.05, 4.69) is 30.8 Å². The van der Waals surface area contributed by atoms with E-state index in [1.54, 1.807) is 28.0 Å². The van der Waals surface area contributed by atoms with Gasteiger partial charge in [-0.2, -0.15) is 5.10 Å². The van der Waals surface area contributed by atoms with Crippen LogP contribution in [0.5, 0.6) is 5.75 Å². The van der Waals surface area contributed by atoms with E-state index in [9.17, 15) is 18.0 Å². The van der Waals surface area contributed by atoms with Gasteiger partial charge in [-0.05, 0) is 55.3 Å². The van der Waals surface area contributed by atoms with E-state index in [0.717, 1.165) is 27.8 Å². The Labute approximate surface area is 250 Å². The van der Waals surface area contributed by atoms with Crippen molar-refractivity contribution in [1.82, 2.24) is 40.4 Å². The minimum absolute atomic E-state index is 0.0180. The minimum atomic E-state index is -3.11. The van der Waals surface area contributed by atoms with Crippen LogP contribution in [0.2, 0.25) is 0 Å². The van der Waals surface area contributed by atoms with Crippen molar-refractivity contribution in [3.05, 3.63) is 84.2 Å². The number of carbonyl (C=O) groups excluding carboxylic acids is 1. The van der Waals surface area contributed by atoms with Crippen molar-refractivity contribution in [3.63, 3.8) is 0 Å². The zero-order valence-electron chi connectivity index (χ0n) is 23.8. The lowest BCUT2D eigenvalue weighted by molar-refractivity contribution is -0.151. The monoisotopic (exact) mass is 602 g/mol. The van der Waals surface area contributed by atoms with Crippen molar-refractivity contribution in [1.29, 1.82) is 0 Å². The molecule has 2 fully saturated rings. The maximum Gasteiger partial charge on any atom is 0.282 e. The molecule has 7 rings (SSSR count). The number of methoxy groups -OCH3 is 1. The predicted molar refractivity (Wildman–Crippen MR) is 155 cm³/mol. The van der Waals surface area contributed by atoms with Gasteiger partial charge in [0.25, 0.3) is 5.92 Å². The van der Waals surface area contributed by atoms with Crippen LogP contribution in [0.25, 0.3) is 27.8 Å². The number of ether oxygens (including phenoxy) is 1. The number of piperidine rings is 1. The van der Waals surface area contributed by atoms with E-state index >= 15 is 0 Å². The van der Waals surface area contributed by atoms with Crippen molar-refractivity contribution in [2.24, 2.45) is 0 Å². The second kappa shape index (κ2) is 11.1. The fourth-order valence-electron chi connectivity index (χ4n) is 6.19. The lowest BCUT2D eigenvalue weighted by Crippen LogP contribution is -2.69. The van der Waals surface area contributed by atoms with Crippen molar-refractivity contribution in [3.8, 4) is 22.7 Å². The van der Waals surface area contributed by atoms with E-state index in [1.807, 2.05) is 36.5 Å². The van der Waals surface area contributed by atoms with Crippen LogP contribution in [0.4, 0.5) is 13.2 Å². The third-order valence-electron chi connectivity index (χ3n) is 8.61. The number of pyridine rings is 1. The second-order valence-electron chi connectivity index (χ2n) is 11.2. The molecule has 0 saturated carbocycles. The first-order chi connectivity index (χ1) is 21.3. The first-order valence-corrected chi connectivity index (χ1v) is 14.3. The Hall–Kier alpha value is -4.62. The van der Waals surface area contributed by atoms with Gasteiger partial charge in [0.15, 0.2) is 5.78 Å². The number of H-pyrrole nitrogens is 1. The van der Waals surface area contributed by atoms with Gasteiger partial charge < -0.3 is 4.74 Å². The summed E-state index contributed by atoms with van der Waals surface area (Å²) in [7, 11) is 1.44. The fraction of sp³-hybridized carbons (Fsp3) is 0.323. The molecule has 2 N–H and O–H groups in total. The largest absolute Gasteiger partial charge is 0.496 e. The number of carbonyl (C=O) groups is 1. The van der Waals surface area contributed by atoms with Crippen LogP contribution in [-0.4, -0.2) is 79.1 Å². The highest BCUT2D eigenvalue weighted by Crippen LogP contribution is 2.36. The van der Waals surface area contributed by atoms with Crippen molar-refractivity contribution in [2.45, 2.75) is 43.3 Å². The highest BCUT2D eigenvalue weighted by molar-refractivity contribution is 5.94. The Morgan fingerprint density at radius 1 is 1.14 bits per heavy atom. The number of Topliss-reactive ketones (excluding diaryl/α,β-unsaturated/α-hetero) is 1. The molecule has 3 aromatic heterocycles. The summed E-state index contributed by atoms with van der Waals surface area (Å²) in [5.41, 5.74) is 4.32. The van der Waals surface area contributed by atoms with Crippen molar-refractivity contribution in [2.75, 3.05) is 20.2 Å². The van der Waals surface area contributed by atoms with Gasteiger partial charge in [0.1, 0.15) is 23.3 Å². The molecule has 0 bridgehead atoms. The maximum atomic E-state index is 15.0. The summed E-state index contributed by atoms with van der Waals surface area (Å²) in [6.45, 7) is -0.209. The second-order valence-corrected chi connectivity index (χ2v) is 11.2. The first-order valence-electron chi connectivity index (χ1n) is 14.3. The Bertz CT molecular complexity index is 1830. The number of hydrogen-bond donors (Lipinski definition) is 2. The third kappa shape index (κ3) is 5.01. The van der Waals surface area contributed by atoms with Gasteiger partial charge in [-0.15, -0.1) is 5.10 Å². The number of benzene rings is 2. The molecule has 0 amide bonds. The zero-order valence-corrected chi connectivity index (χ0v) is 23.8. The smallest absolute Gasteiger partial charge is 0.282 e. The molecular weight excluding hydrogens is 573 g/mol. The number of aromatic nitrogens is 6. The minimum Gasteiger partial charge on any atom is -0.496 e. The molecule has 44 heavy (non-hydrogen) atoms. The van der Waals surface area contributed by atoms with E-state index in [-0.39, 0.29) is 18.0 Å². The van der Waals surface area contributed by atoms with Crippen LogP contribution < -0.4 is 10.1 Å². The van der Waals surface area contributed by atoms with Gasteiger partial charge in [0, 0.05) is 47.9 Å². The van der Waals surface area contributed by atoms with Crippen LogP contribution in [0.3, 0.4) is 0 Å². The van der Waals surface area contributed by atoms with E-state index in [4.69, 9.17) is 4.74 Å². The molecule has 10 nitrogen and oxygen atoms in total. The molecule has 2 aromatic carbocycles. The number of ketones is 1. The van der Waals surface area contributed by atoms with E-state index in [1.165, 1.54) is 19.2 Å². The number of likely N-dealkylation sites (tertiary alicyclic amines) is 1. The molecule has 3 unspecified atom stereocenters. The number of aromatic amines is 1.